The maximum atomic E-state index is 12.8. The number of terminal acetylenes is 1. The van der Waals surface area contributed by atoms with Gasteiger partial charge in [0, 0.05) is 16.0 Å². The molecule has 0 aliphatic carbocycles. The largest absolute Gasteiger partial charge is 0.324 e. The van der Waals surface area contributed by atoms with Crippen molar-refractivity contribution in [2.45, 2.75) is 18.9 Å². The summed E-state index contributed by atoms with van der Waals surface area (Å²) in [6.45, 7) is 0. The lowest BCUT2D eigenvalue weighted by molar-refractivity contribution is 0.619. The van der Waals surface area contributed by atoms with Crippen molar-refractivity contribution in [2.75, 3.05) is 0 Å². The van der Waals surface area contributed by atoms with Crippen LogP contribution < -0.4 is 5.73 Å². The van der Waals surface area contributed by atoms with Gasteiger partial charge < -0.3 is 5.73 Å². The maximum Gasteiger partial charge on any atom is 0.124 e. The number of hydrogen-bond acceptors (Lipinski definition) is 1. The maximum absolute atomic E-state index is 12.8. The van der Waals surface area contributed by atoms with Crippen LogP contribution in [0.15, 0.2) is 18.2 Å². The van der Waals surface area contributed by atoms with E-state index in [1.807, 2.05) is 0 Å². The number of halogens is 2. The third-order valence-corrected chi connectivity index (χ3v) is 2.90. The van der Waals surface area contributed by atoms with Crippen molar-refractivity contribution < 1.29 is 4.39 Å². The summed E-state index contributed by atoms with van der Waals surface area (Å²) in [7, 11) is 0. The molecule has 0 aliphatic heterocycles. The van der Waals surface area contributed by atoms with E-state index in [0.717, 1.165) is 15.6 Å². The SMILES string of the molecule is C#CCCC(N)c1ccc(F)cc1I. The molecular formula is C11H11FIN. The van der Waals surface area contributed by atoms with Crippen LogP contribution in [0.1, 0.15) is 24.4 Å². The van der Waals surface area contributed by atoms with Crippen LogP contribution in [0.5, 0.6) is 0 Å². The van der Waals surface area contributed by atoms with E-state index in [2.05, 4.69) is 28.5 Å². The minimum Gasteiger partial charge on any atom is -0.324 e. The van der Waals surface area contributed by atoms with E-state index in [1.165, 1.54) is 12.1 Å². The fourth-order valence-electron chi connectivity index (χ4n) is 1.20. The molecule has 74 valence electrons. The van der Waals surface area contributed by atoms with E-state index < -0.39 is 0 Å². The number of nitrogens with two attached hydrogens (primary N) is 1. The lowest BCUT2D eigenvalue weighted by atomic mass is 10.0. The fourth-order valence-corrected chi connectivity index (χ4v) is 2.07. The van der Waals surface area contributed by atoms with Gasteiger partial charge in [0.1, 0.15) is 5.82 Å². The Balaban J connectivity index is 2.80. The Kier molecular flexibility index (Phi) is 4.36. The Morgan fingerprint density at radius 3 is 2.86 bits per heavy atom. The van der Waals surface area contributed by atoms with Crippen LogP contribution in [0.4, 0.5) is 4.39 Å². The predicted octanol–water partition coefficient (Wildman–Crippen LogP) is 2.84. The Hall–Kier alpha value is -0.600. The second-order valence-electron chi connectivity index (χ2n) is 3.02. The van der Waals surface area contributed by atoms with Gasteiger partial charge in [-0.2, -0.15) is 0 Å². The molecule has 1 unspecified atom stereocenters. The van der Waals surface area contributed by atoms with Gasteiger partial charge in [-0.25, -0.2) is 4.39 Å². The molecule has 1 aromatic rings. The summed E-state index contributed by atoms with van der Waals surface area (Å²) in [6, 6.07) is 4.52. The van der Waals surface area contributed by atoms with Crippen molar-refractivity contribution in [3.8, 4) is 12.3 Å². The van der Waals surface area contributed by atoms with E-state index in [1.54, 1.807) is 6.07 Å². The van der Waals surface area contributed by atoms with Crippen LogP contribution in [0.25, 0.3) is 0 Å². The van der Waals surface area contributed by atoms with Crippen LogP contribution in [-0.4, -0.2) is 0 Å². The molecule has 1 atom stereocenters. The Morgan fingerprint density at radius 1 is 1.57 bits per heavy atom. The average molecular weight is 303 g/mol. The topological polar surface area (TPSA) is 26.0 Å². The fraction of sp³-hybridized carbons (Fsp3) is 0.273. The molecule has 3 heteroatoms. The molecule has 14 heavy (non-hydrogen) atoms. The monoisotopic (exact) mass is 303 g/mol. The third-order valence-electron chi connectivity index (χ3n) is 1.96. The van der Waals surface area contributed by atoms with Crippen molar-refractivity contribution in [3.05, 3.63) is 33.1 Å². The highest BCUT2D eigenvalue weighted by atomic mass is 127. The van der Waals surface area contributed by atoms with E-state index >= 15 is 0 Å². The van der Waals surface area contributed by atoms with Gasteiger partial charge >= 0.3 is 0 Å². The first-order chi connectivity index (χ1) is 6.65. The Morgan fingerprint density at radius 2 is 2.29 bits per heavy atom. The van der Waals surface area contributed by atoms with Gasteiger partial charge in [0.25, 0.3) is 0 Å². The van der Waals surface area contributed by atoms with Gasteiger partial charge in [-0.05, 0) is 46.7 Å². The summed E-state index contributed by atoms with van der Waals surface area (Å²) < 4.78 is 13.6. The molecule has 0 spiro atoms. The number of hydrogen-bond donors (Lipinski definition) is 1. The van der Waals surface area contributed by atoms with E-state index in [-0.39, 0.29) is 11.9 Å². The molecule has 0 saturated heterocycles. The van der Waals surface area contributed by atoms with Gasteiger partial charge in [0.15, 0.2) is 0 Å². The van der Waals surface area contributed by atoms with Crippen LogP contribution in [0.3, 0.4) is 0 Å². The summed E-state index contributed by atoms with van der Waals surface area (Å²) in [5.41, 5.74) is 6.87. The highest BCUT2D eigenvalue weighted by Gasteiger charge is 2.09. The highest BCUT2D eigenvalue weighted by Crippen LogP contribution is 2.22. The molecule has 0 bridgehead atoms. The second-order valence-corrected chi connectivity index (χ2v) is 4.18. The quantitative estimate of drug-likeness (QED) is 0.674. The first-order valence-electron chi connectivity index (χ1n) is 4.29. The van der Waals surface area contributed by atoms with Crippen molar-refractivity contribution in [3.63, 3.8) is 0 Å². The second kappa shape index (κ2) is 5.32. The Labute approximate surface area is 97.0 Å². The van der Waals surface area contributed by atoms with Crippen LogP contribution in [-0.2, 0) is 0 Å². The lowest BCUT2D eigenvalue weighted by Gasteiger charge is -2.12. The third kappa shape index (κ3) is 2.96. The van der Waals surface area contributed by atoms with Crippen molar-refractivity contribution in [1.82, 2.24) is 0 Å². The zero-order valence-electron chi connectivity index (χ0n) is 7.63. The van der Waals surface area contributed by atoms with Crippen molar-refractivity contribution in [1.29, 1.82) is 0 Å². The molecule has 2 N–H and O–H groups in total. The molecule has 0 saturated carbocycles. The summed E-state index contributed by atoms with van der Waals surface area (Å²) >= 11 is 2.08. The molecule has 0 aromatic heterocycles. The molecule has 0 fully saturated rings. The van der Waals surface area contributed by atoms with Crippen molar-refractivity contribution >= 4 is 22.6 Å². The molecule has 0 heterocycles. The predicted molar refractivity (Wildman–Crippen MR) is 64.1 cm³/mol. The first kappa shape index (κ1) is 11.5. The average Bonchev–Trinajstić information content (AvgIpc) is 2.14. The highest BCUT2D eigenvalue weighted by molar-refractivity contribution is 14.1. The van der Waals surface area contributed by atoms with E-state index in [9.17, 15) is 4.39 Å². The summed E-state index contributed by atoms with van der Waals surface area (Å²) in [6.07, 6.45) is 6.53. The van der Waals surface area contributed by atoms with E-state index in [4.69, 9.17) is 12.2 Å². The minimum atomic E-state index is -0.234. The van der Waals surface area contributed by atoms with Gasteiger partial charge in [-0.3, -0.25) is 0 Å². The van der Waals surface area contributed by atoms with Crippen LogP contribution in [0, 0.1) is 21.7 Å². The molecule has 1 rings (SSSR count). The van der Waals surface area contributed by atoms with Gasteiger partial charge in [-0.1, -0.05) is 6.07 Å². The minimum absolute atomic E-state index is 0.0986. The molecule has 0 amide bonds. The van der Waals surface area contributed by atoms with Crippen molar-refractivity contribution in [2.24, 2.45) is 5.73 Å². The van der Waals surface area contributed by atoms with Gasteiger partial charge in [0.2, 0.25) is 0 Å². The number of benzene rings is 1. The lowest BCUT2D eigenvalue weighted by Crippen LogP contribution is -2.11. The van der Waals surface area contributed by atoms with E-state index in [0.29, 0.717) is 6.42 Å². The summed E-state index contributed by atoms with van der Waals surface area (Å²) in [5, 5.41) is 0. The molecule has 0 radical (unpaired) electrons. The standard InChI is InChI=1S/C11H11FIN/c1-2-3-4-11(14)9-6-5-8(12)7-10(9)13/h1,5-7,11H,3-4,14H2. The Bertz CT molecular complexity index is 357. The molecule has 1 nitrogen and oxygen atoms in total. The smallest absolute Gasteiger partial charge is 0.124 e. The molecular weight excluding hydrogens is 292 g/mol. The molecule has 1 aromatic carbocycles. The van der Waals surface area contributed by atoms with Gasteiger partial charge in [-0.15, -0.1) is 12.3 Å². The number of rotatable bonds is 3. The first-order valence-corrected chi connectivity index (χ1v) is 5.37. The van der Waals surface area contributed by atoms with Gasteiger partial charge in [0.05, 0.1) is 0 Å². The van der Waals surface area contributed by atoms with Crippen LogP contribution in [0.2, 0.25) is 0 Å². The zero-order chi connectivity index (χ0) is 10.6. The summed E-state index contributed by atoms with van der Waals surface area (Å²) in [5.74, 6) is 2.31. The normalized spacial score (nSPS) is 12.1. The van der Waals surface area contributed by atoms with Crippen LogP contribution >= 0.6 is 22.6 Å². The zero-order valence-corrected chi connectivity index (χ0v) is 9.79. The molecule has 0 aliphatic rings. The summed E-state index contributed by atoms with van der Waals surface area (Å²) in [4.78, 5) is 0.